The Morgan fingerprint density at radius 2 is 1.93 bits per heavy atom. The van der Waals surface area contributed by atoms with Crippen LogP contribution in [0.3, 0.4) is 0 Å². The van der Waals surface area contributed by atoms with E-state index in [1.165, 1.54) is 12.8 Å². The number of amides is 1. The Morgan fingerprint density at radius 1 is 1.36 bits per heavy atom. The highest BCUT2D eigenvalue weighted by molar-refractivity contribution is 5.81. The van der Waals surface area contributed by atoms with Gasteiger partial charge in [0.25, 0.3) is 0 Å². The molecule has 3 nitrogen and oxygen atoms in total. The van der Waals surface area contributed by atoms with Crippen molar-refractivity contribution in [3.05, 3.63) is 0 Å². The zero-order chi connectivity index (χ0) is 10.6. The minimum atomic E-state index is -0.257. The van der Waals surface area contributed by atoms with Crippen LogP contribution in [0.15, 0.2) is 0 Å². The van der Waals surface area contributed by atoms with E-state index in [-0.39, 0.29) is 11.3 Å². The van der Waals surface area contributed by atoms with Crippen molar-refractivity contribution in [3.8, 4) is 0 Å². The van der Waals surface area contributed by atoms with Gasteiger partial charge in [-0.25, -0.2) is 0 Å². The smallest absolute Gasteiger partial charge is 0.225 e. The van der Waals surface area contributed by atoms with Gasteiger partial charge < -0.3 is 10.6 Å². The summed E-state index contributed by atoms with van der Waals surface area (Å²) in [6.45, 7) is 8.88. The van der Waals surface area contributed by atoms with Gasteiger partial charge in [0.15, 0.2) is 0 Å². The van der Waals surface area contributed by atoms with E-state index in [0.717, 1.165) is 19.6 Å². The minimum absolute atomic E-state index is 0.163. The quantitative estimate of drug-likeness (QED) is 0.699. The van der Waals surface area contributed by atoms with Crippen molar-refractivity contribution in [1.29, 1.82) is 0 Å². The summed E-state index contributed by atoms with van der Waals surface area (Å²) in [6.07, 6.45) is 2.37. The predicted octanol–water partition coefficient (Wildman–Crippen LogP) is 1.15. The van der Waals surface area contributed by atoms with Gasteiger partial charge in [-0.15, -0.1) is 0 Å². The van der Waals surface area contributed by atoms with Crippen molar-refractivity contribution in [2.75, 3.05) is 19.6 Å². The van der Waals surface area contributed by atoms with Gasteiger partial charge in [-0.3, -0.25) is 4.79 Å². The number of nitrogens with one attached hydrogen (secondary N) is 2. The molecule has 3 heteroatoms. The van der Waals surface area contributed by atoms with Gasteiger partial charge in [-0.2, -0.15) is 0 Å². The van der Waals surface area contributed by atoms with Crippen molar-refractivity contribution in [2.45, 2.75) is 33.6 Å². The third-order valence-electron chi connectivity index (χ3n) is 2.69. The maximum absolute atomic E-state index is 11.6. The number of carbonyl (C=O) groups excluding carboxylic acids is 1. The van der Waals surface area contributed by atoms with Crippen molar-refractivity contribution in [2.24, 2.45) is 11.3 Å². The Hall–Kier alpha value is -0.570. The van der Waals surface area contributed by atoms with Crippen LogP contribution in [0, 0.1) is 11.3 Å². The van der Waals surface area contributed by atoms with E-state index < -0.39 is 0 Å². The molecule has 0 aromatic rings. The average molecular weight is 198 g/mol. The molecule has 14 heavy (non-hydrogen) atoms. The lowest BCUT2D eigenvalue weighted by molar-refractivity contribution is -0.128. The first-order valence-electron chi connectivity index (χ1n) is 5.49. The number of carbonyl (C=O) groups is 1. The SMILES string of the molecule is CC(C)(C)C(=O)NCC1CCNCC1. The van der Waals surface area contributed by atoms with Gasteiger partial charge in [-0.05, 0) is 31.8 Å². The van der Waals surface area contributed by atoms with Crippen molar-refractivity contribution in [3.63, 3.8) is 0 Å². The molecule has 2 N–H and O–H groups in total. The molecule has 1 aliphatic heterocycles. The second-order valence-corrected chi connectivity index (χ2v) is 5.15. The lowest BCUT2D eigenvalue weighted by atomic mass is 9.94. The highest BCUT2D eigenvalue weighted by atomic mass is 16.2. The molecule has 1 amide bonds. The Labute approximate surface area is 86.6 Å². The molecule has 1 heterocycles. The molecule has 0 atom stereocenters. The Balaban J connectivity index is 2.22. The molecule has 0 aromatic heterocycles. The molecule has 0 unspecified atom stereocenters. The summed E-state index contributed by atoms with van der Waals surface area (Å²) in [5.41, 5.74) is -0.257. The molecular weight excluding hydrogens is 176 g/mol. The molecular formula is C11H22N2O. The number of piperidine rings is 1. The fraction of sp³-hybridized carbons (Fsp3) is 0.909. The van der Waals surface area contributed by atoms with Crippen LogP contribution < -0.4 is 10.6 Å². The van der Waals surface area contributed by atoms with E-state index in [4.69, 9.17) is 0 Å². The van der Waals surface area contributed by atoms with Gasteiger partial charge in [0.2, 0.25) is 5.91 Å². The van der Waals surface area contributed by atoms with Gasteiger partial charge in [0, 0.05) is 12.0 Å². The Morgan fingerprint density at radius 3 is 2.43 bits per heavy atom. The summed E-state index contributed by atoms with van der Waals surface area (Å²) in [7, 11) is 0. The third-order valence-corrected chi connectivity index (χ3v) is 2.69. The predicted molar refractivity (Wildman–Crippen MR) is 58.1 cm³/mol. The van der Waals surface area contributed by atoms with Crippen LogP contribution in [0.4, 0.5) is 0 Å². The van der Waals surface area contributed by atoms with E-state index in [2.05, 4.69) is 10.6 Å². The summed E-state index contributed by atoms with van der Waals surface area (Å²) in [4.78, 5) is 11.6. The molecule has 1 saturated heterocycles. The Kier molecular flexibility index (Phi) is 3.93. The number of hydrogen-bond donors (Lipinski definition) is 2. The van der Waals surface area contributed by atoms with Crippen LogP contribution >= 0.6 is 0 Å². The summed E-state index contributed by atoms with van der Waals surface area (Å²) in [5.74, 6) is 0.832. The molecule has 0 radical (unpaired) electrons. The van der Waals surface area contributed by atoms with Crippen LogP contribution in [-0.2, 0) is 4.79 Å². The van der Waals surface area contributed by atoms with Gasteiger partial charge in [0.05, 0.1) is 0 Å². The molecule has 0 saturated carbocycles. The van der Waals surface area contributed by atoms with Gasteiger partial charge >= 0.3 is 0 Å². The fourth-order valence-corrected chi connectivity index (χ4v) is 1.59. The fourth-order valence-electron chi connectivity index (χ4n) is 1.59. The molecule has 0 bridgehead atoms. The molecule has 0 aromatic carbocycles. The van der Waals surface area contributed by atoms with E-state index in [1.54, 1.807) is 0 Å². The van der Waals surface area contributed by atoms with Crippen molar-refractivity contribution >= 4 is 5.91 Å². The molecule has 0 spiro atoms. The number of hydrogen-bond acceptors (Lipinski definition) is 2. The maximum Gasteiger partial charge on any atom is 0.225 e. The monoisotopic (exact) mass is 198 g/mol. The van der Waals surface area contributed by atoms with E-state index in [0.29, 0.717) is 5.92 Å². The summed E-state index contributed by atoms with van der Waals surface area (Å²) < 4.78 is 0. The normalized spacial score (nSPS) is 19.4. The Bertz CT molecular complexity index is 190. The second-order valence-electron chi connectivity index (χ2n) is 5.15. The first-order chi connectivity index (χ1) is 6.50. The molecule has 1 fully saturated rings. The highest BCUT2D eigenvalue weighted by Gasteiger charge is 2.22. The zero-order valence-corrected chi connectivity index (χ0v) is 9.52. The van der Waals surface area contributed by atoms with Gasteiger partial charge in [0.1, 0.15) is 0 Å². The highest BCUT2D eigenvalue weighted by Crippen LogP contribution is 2.14. The molecule has 1 aliphatic rings. The summed E-state index contributed by atoms with van der Waals surface area (Å²) >= 11 is 0. The van der Waals surface area contributed by atoms with Crippen LogP contribution in [-0.4, -0.2) is 25.5 Å². The first kappa shape index (κ1) is 11.5. The zero-order valence-electron chi connectivity index (χ0n) is 9.52. The van der Waals surface area contributed by atoms with Gasteiger partial charge in [-0.1, -0.05) is 20.8 Å². The topological polar surface area (TPSA) is 41.1 Å². The average Bonchev–Trinajstić information content (AvgIpc) is 2.14. The van der Waals surface area contributed by atoms with Crippen LogP contribution in [0.2, 0.25) is 0 Å². The summed E-state index contributed by atoms with van der Waals surface area (Å²) in [5, 5.41) is 6.35. The third kappa shape index (κ3) is 3.66. The van der Waals surface area contributed by atoms with E-state index >= 15 is 0 Å². The standard InChI is InChI=1S/C11H22N2O/c1-11(2,3)10(14)13-8-9-4-6-12-7-5-9/h9,12H,4-8H2,1-3H3,(H,13,14). The summed E-state index contributed by atoms with van der Waals surface area (Å²) in [6, 6.07) is 0. The van der Waals surface area contributed by atoms with Crippen LogP contribution in [0.5, 0.6) is 0 Å². The van der Waals surface area contributed by atoms with E-state index in [1.807, 2.05) is 20.8 Å². The van der Waals surface area contributed by atoms with Crippen molar-refractivity contribution in [1.82, 2.24) is 10.6 Å². The molecule has 0 aliphatic carbocycles. The maximum atomic E-state index is 11.6. The van der Waals surface area contributed by atoms with E-state index in [9.17, 15) is 4.79 Å². The van der Waals surface area contributed by atoms with Crippen molar-refractivity contribution < 1.29 is 4.79 Å². The van der Waals surface area contributed by atoms with Crippen LogP contribution in [0.1, 0.15) is 33.6 Å². The second kappa shape index (κ2) is 4.78. The van der Waals surface area contributed by atoms with Crippen LogP contribution in [0.25, 0.3) is 0 Å². The molecule has 82 valence electrons. The lowest BCUT2D eigenvalue weighted by Crippen LogP contribution is -2.40. The lowest BCUT2D eigenvalue weighted by Gasteiger charge is -2.25. The minimum Gasteiger partial charge on any atom is -0.355 e. The molecule has 1 rings (SSSR count). The first-order valence-corrected chi connectivity index (χ1v) is 5.49. The number of rotatable bonds is 2. The largest absolute Gasteiger partial charge is 0.355 e.